The number of halogens is 1. The lowest BCUT2D eigenvalue weighted by Gasteiger charge is -2.55. The monoisotopic (exact) mass is 382 g/mol. The van der Waals surface area contributed by atoms with Gasteiger partial charge in [0.1, 0.15) is 0 Å². The van der Waals surface area contributed by atoms with Gasteiger partial charge < -0.3 is 15.1 Å². The van der Waals surface area contributed by atoms with E-state index in [2.05, 4.69) is 50.4 Å². The van der Waals surface area contributed by atoms with E-state index in [-0.39, 0.29) is 17.4 Å². The van der Waals surface area contributed by atoms with Gasteiger partial charge in [-0.1, -0.05) is 41.9 Å². The van der Waals surface area contributed by atoms with Gasteiger partial charge in [0.05, 0.1) is 10.6 Å². The maximum atomic E-state index is 13.0. The first-order valence-corrected chi connectivity index (χ1v) is 9.93. The molecular weight excluding hydrogens is 360 g/mol. The molecule has 5 heterocycles. The van der Waals surface area contributed by atoms with Gasteiger partial charge in [0.2, 0.25) is 0 Å². The number of benzene rings is 1. The van der Waals surface area contributed by atoms with Crippen LogP contribution in [0.15, 0.2) is 48.8 Å². The van der Waals surface area contributed by atoms with E-state index in [0.717, 1.165) is 39.3 Å². The van der Waals surface area contributed by atoms with Gasteiger partial charge in [0.25, 0.3) is 5.91 Å². The van der Waals surface area contributed by atoms with Crippen LogP contribution in [0.3, 0.4) is 0 Å². The Labute approximate surface area is 164 Å². The first kappa shape index (κ1) is 17.2. The summed E-state index contributed by atoms with van der Waals surface area (Å²) in [6, 6.07) is 12.5. The maximum Gasteiger partial charge on any atom is 0.253 e. The van der Waals surface area contributed by atoms with Crippen LogP contribution in [0.5, 0.6) is 0 Å². The standard InChI is InChI=1S/C21H23ClN4O/c22-18-8-15(9-23-10-18)20(27)24-19-16-11-25-6-7-26(12-16)14-21(19,13-25)17-4-2-1-3-5-17/h1-5,8-10,16,19H,6-7,11-14H2,(H,24,27). The minimum absolute atomic E-state index is 0.0820. The van der Waals surface area contributed by atoms with Gasteiger partial charge in [-0.05, 0) is 11.6 Å². The second-order valence-electron chi connectivity index (χ2n) is 8.10. The average Bonchev–Trinajstić information content (AvgIpc) is 2.93. The highest BCUT2D eigenvalue weighted by molar-refractivity contribution is 6.30. The molecule has 4 bridgehead atoms. The average molecular weight is 383 g/mol. The SMILES string of the molecule is O=C(NC1C2CN3CCN(C2)CC1(c1ccccc1)C3)c1cncc(Cl)c1. The number of nitrogens with one attached hydrogen (secondary N) is 1. The molecule has 3 atom stereocenters. The lowest BCUT2D eigenvalue weighted by Crippen LogP contribution is -2.70. The van der Waals surface area contributed by atoms with Crippen molar-refractivity contribution in [2.45, 2.75) is 11.5 Å². The maximum absolute atomic E-state index is 13.0. The minimum Gasteiger partial charge on any atom is -0.348 e. The highest BCUT2D eigenvalue weighted by atomic mass is 35.5. The Bertz CT molecular complexity index is 842. The molecular formula is C21H23ClN4O. The van der Waals surface area contributed by atoms with Gasteiger partial charge in [-0.3, -0.25) is 9.78 Å². The summed E-state index contributed by atoms with van der Waals surface area (Å²) in [7, 11) is 0. The summed E-state index contributed by atoms with van der Waals surface area (Å²) in [6.45, 7) is 6.30. The molecule has 0 radical (unpaired) electrons. The Morgan fingerprint density at radius 1 is 1.11 bits per heavy atom. The van der Waals surface area contributed by atoms with E-state index < -0.39 is 0 Å². The number of pyridine rings is 1. The number of hydrogen-bond donors (Lipinski definition) is 1. The molecule has 6 rings (SSSR count). The molecule has 0 saturated carbocycles. The minimum atomic E-state index is -0.0827. The topological polar surface area (TPSA) is 48.5 Å². The summed E-state index contributed by atoms with van der Waals surface area (Å²) < 4.78 is 0. The van der Waals surface area contributed by atoms with Crippen LogP contribution in [-0.2, 0) is 5.41 Å². The molecule has 4 fully saturated rings. The first-order valence-electron chi connectivity index (χ1n) is 9.56. The van der Waals surface area contributed by atoms with E-state index in [1.165, 1.54) is 5.56 Å². The zero-order valence-corrected chi connectivity index (χ0v) is 15.9. The van der Waals surface area contributed by atoms with Crippen molar-refractivity contribution in [1.29, 1.82) is 0 Å². The molecule has 1 N–H and O–H groups in total. The molecule has 1 aromatic heterocycles. The summed E-state index contributed by atoms with van der Waals surface area (Å²) in [4.78, 5) is 22.2. The normalized spacial score (nSPS) is 34.3. The van der Waals surface area contributed by atoms with E-state index in [0.29, 0.717) is 16.5 Å². The third kappa shape index (κ3) is 2.94. The van der Waals surface area contributed by atoms with E-state index in [1.54, 1.807) is 18.5 Å². The zero-order chi connectivity index (χ0) is 18.4. The van der Waals surface area contributed by atoms with Gasteiger partial charge in [-0.2, -0.15) is 0 Å². The Kier molecular flexibility index (Phi) is 4.19. The van der Waals surface area contributed by atoms with Crippen molar-refractivity contribution in [2.75, 3.05) is 39.3 Å². The predicted octanol–water partition coefficient (Wildman–Crippen LogP) is 2.03. The van der Waals surface area contributed by atoms with Crippen LogP contribution in [0.25, 0.3) is 0 Å². The molecule has 0 aliphatic carbocycles. The number of carbonyl (C=O) groups is 1. The Morgan fingerprint density at radius 2 is 1.81 bits per heavy atom. The second-order valence-corrected chi connectivity index (χ2v) is 8.53. The largest absolute Gasteiger partial charge is 0.348 e. The molecule has 1 aromatic carbocycles. The number of amides is 1. The van der Waals surface area contributed by atoms with Crippen LogP contribution in [0.2, 0.25) is 5.02 Å². The van der Waals surface area contributed by atoms with Crippen LogP contribution in [0, 0.1) is 5.92 Å². The van der Waals surface area contributed by atoms with Crippen LogP contribution in [0.1, 0.15) is 15.9 Å². The van der Waals surface area contributed by atoms with Crippen molar-refractivity contribution in [3.8, 4) is 0 Å². The Hall–Kier alpha value is -1.95. The van der Waals surface area contributed by atoms with Crippen molar-refractivity contribution in [2.24, 2.45) is 5.92 Å². The van der Waals surface area contributed by atoms with Crippen molar-refractivity contribution in [1.82, 2.24) is 20.1 Å². The number of nitrogens with zero attached hydrogens (tertiary/aromatic N) is 3. The van der Waals surface area contributed by atoms with Gasteiger partial charge in [-0.15, -0.1) is 0 Å². The van der Waals surface area contributed by atoms with Crippen molar-refractivity contribution >= 4 is 17.5 Å². The molecule has 1 amide bonds. The smallest absolute Gasteiger partial charge is 0.253 e. The van der Waals surface area contributed by atoms with Gasteiger partial charge >= 0.3 is 0 Å². The molecule has 4 aliphatic rings. The van der Waals surface area contributed by atoms with Crippen LogP contribution in [-0.4, -0.2) is 66.0 Å². The van der Waals surface area contributed by atoms with E-state index in [1.807, 2.05) is 0 Å². The van der Waals surface area contributed by atoms with Crippen molar-refractivity contribution < 1.29 is 4.79 Å². The van der Waals surface area contributed by atoms with E-state index in [4.69, 9.17) is 11.6 Å². The Balaban J connectivity index is 1.53. The molecule has 2 aromatic rings. The van der Waals surface area contributed by atoms with Gasteiger partial charge in [-0.25, -0.2) is 0 Å². The number of hydrogen-bond acceptors (Lipinski definition) is 4. The number of fused-ring (bicyclic) bond motifs is 1. The summed E-state index contributed by atoms with van der Waals surface area (Å²) in [5.74, 6) is 0.341. The lowest BCUT2D eigenvalue weighted by atomic mass is 9.64. The van der Waals surface area contributed by atoms with Crippen molar-refractivity contribution in [3.05, 3.63) is 64.9 Å². The highest BCUT2D eigenvalue weighted by Crippen LogP contribution is 2.43. The number of carbonyl (C=O) groups excluding carboxylic acids is 1. The fraction of sp³-hybridized carbons (Fsp3) is 0.429. The van der Waals surface area contributed by atoms with Gasteiger partial charge in [0, 0.05) is 69.0 Å². The molecule has 5 nitrogen and oxygen atoms in total. The van der Waals surface area contributed by atoms with E-state index in [9.17, 15) is 4.79 Å². The summed E-state index contributed by atoms with van der Waals surface area (Å²) in [6.07, 6.45) is 3.14. The van der Waals surface area contributed by atoms with Gasteiger partial charge in [0.15, 0.2) is 0 Å². The van der Waals surface area contributed by atoms with Crippen LogP contribution < -0.4 is 5.32 Å². The molecule has 6 heteroatoms. The molecule has 27 heavy (non-hydrogen) atoms. The van der Waals surface area contributed by atoms with Crippen LogP contribution in [0.4, 0.5) is 0 Å². The zero-order valence-electron chi connectivity index (χ0n) is 15.1. The fourth-order valence-electron chi connectivity index (χ4n) is 5.33. The summed E-state index contributed by atoms with van der Waals surface area (Å²) in [5, 5.41) is 3.87. The fourth-order valence-corrected chi connectivity index (χ4v) is 5.50. The first-order chi connectivity index (χ1) is 13.1. The number of piperidine rings is 2. The quantitative estimate of drug-likeness (QED) is 0.882. The second kappa shape index (κ2) is 6.59. The predicted molar refractivity (Wildman–Crippen MR) is 105 cm³/mol. The Morgan fingerprint density at radius 3 is 2.48 bits per heavy atom. The number of rotatable bonds is 3. The third-order valence-corrected chi connectivity index (χ3v) is 6.61. The third-order valence-electron chi connectivity index (χ3n) is 6.40. The molecule has 3 unspecified atom stereocenters. The molecule has 4 saturated heterocycles. The molecule has 140 valence electrons. The highest BCUT2D eigenvalue weighted by Gasteiger charge is 2.55. The van der Waals surface area contributed by atoms with Crippen molar-refractivity contribution in [3.63, 3.8) is 0 Å². The molecule has 4 aliphatic heterocycles. The summed E-state index contributed by atoms with van der Waals surface area (Å²) in [5.41, 5.74) is 1.76. The molecule has 0 spiro atoms. The van der Waals surface area contributed by atoms with E-state index >= 15 is 0 Å². The van der Waals surface area contributed by atoms with Crippen LogP contribution >= 0.6 is 11.6 Å². The summed E-state index contributed by atoms with van der Waals surface area (Å²) >= 11 is 6.04. The lowest BCUT2D eigenvalue weighted by molar-refractivity contribution is 0.0180. The number of aromatic nitrogens is 1.